The second kappa shape index (κ2) is 11.3. The number of anilines is 2. The molecule has 0 bridgehead atoms. The van der Waals surface area contributed by atoms with Crippen LogP contribution < -0.4 is 15.4 Å². The third-order valence-electron chi connectivity index (χ3n) is 2.36. The summed E-state index contributed by atoms with van der Waals surface area (Å²) in [6, 6.07) is 5.36. The number of benzene rings is 1. The van der Waals surface area contributed by atoms with E-state index >= 15 is 0 Å². The van der Waals surface area contributed by atoms with Gasteiger partial charge >= 0.3 is 0 Å². The third-order valence-corrected chi connectivity index (χ3v) is 2.36. The van der Waals surface area contributed by atoms with E-state index in [1.165, 1.54) is 0 Å². The Labute approximate surface area is 120 Å². The fraction of sp³-hybridized carbons (Fsp3) is 0.571. The lowest BCUT2D eigenvalue weighted by molar-refractivity contribution is 0.279. The Bertz CT molecular complexity index is 355. The highest BCUT2D eigenvalue weighted by atomic mass is 16.5. The summed E-state index contributed by atoms with van der Waals surface area (Å²) in [6.45, 7) is 5.29. The lowest BCUT2D eigenvalue weighted by atomic mass is 10.2. The summed E-state index contributed by atoms with van der Waals surface area (Å²) in [7, 11) is 0. The molecule has 0 radical (unpaired) electrons. The molecule has 0 atom stereocenters. The molecule has 0 amide bonds. The highest BCUT2D eigenvalue weighted by Gasteiger charge is 2.12. The minimum Gasteiger partial charge on any atom is -0.492 e. The van der Waals surface area contributed by atoms with E-state index in [1.807, 2.05) is 11.8 Å². The van der Waals surface area contributed by atoms with E-state index in [1.54, 1.807) is 25.1 Å². The van der Waals surface area contributed by atoms with Crippen LogP contribution in [0.3, 0.4) is 0 Å². The number of ether oxygens (including phenoxy) is 1. The first kappa shape index (κ1) is 18.5. The minimum atomic E-state index is 0.0143. The molecule has 0 fully saturated rings. The number of nitrogen functional groups attached to an aromatic ring is 1. The van der Waals surface area contributed by atoms with Gasteiger partial charge in [-0.15, -0.1) is 0 Å². The molecule has 0 saturated heterocycles. The van der Waals surface area contributed by atoms with Crippen molar-refractivity contribution in [2.75, 3.05) is 50.2 Å². The molecule has 0 aliphatic rings. The van der Waals surface area contributed by atoms with E-state index in [2.05, 4.69) is 0 Å². The van der Waals surface area contributed by atoms with E-state index in [0.29, 0.717) is 31.1 Å². The van der Waals surface area contributed by atoms with E-state index in [-0.39, 0.29) is 19.8 Å². The molecule has 0 aliphatic carbocycles. The van der Waals surface area contributed by atoms with Crippen molar-refractivity contribution in [3.8, 4) is 5.75 Å². The average molecular weight is 286 g/mol. The molecule has 0 spiro atoms. The predicted octanol–water partition coefficient (Wildman–Crippen LogP) is 0.457. The van der Waals surface area contributed by atoms with Crippen molar-refractivity contribution < 1.29 is 20.1 Å². The van der Waals surface area contributed by atoms with Gasteiger partial charge < -0.3 is 30.7 Å². The number of aliphatic hydroxyl groups excluding tert-OH is 3. The molecule has 5 N–H and O–H groups in total. The molecular formula is C14H26N2O4. The van der Waals surface area contributed by atoms with Gasteiger partial charge in [0.1, 0.15) is 5.75 Å². The molecule has 6 heteroatoms. The van der Waals surface area contributed by atoms with Gasteiger partial charge in [-0.2, -0.15) is 0 Å². The van der Waals surface area contributed by atoms with Gasteiger partial charge in [-0.05, 0) is 32.0 Å². The maximum absolute atomic E-state index is 9.02. The molecule has 0 aromatic heterocycles. The molecular weight excluding hydrogens is 260 g/mol. The zero-order valence-electron chi connectivity index (χ0n) is 12.2. The van der Waals surface area contributed by atoms with Gasteiger partial charge in [0.25, 0.3) is 0 Å². The van der Waals surface area contributed by atoms with Gasteiger partial charge in [0, 0.05) is 25.4 Å². The van der Waals surface area contributed by atoms with Crippen LogP contribution in [0.5, 0.6) is 5.75 Å². The van der Waals surface area contributed by atoms with Crippen LogP contribution in [0.25, 0.3) is 0 Å². The van der Waals surface area contributed by atoms with Gasteiger partial charge in [-0.1, -0.05) is 0 Å². The highest BCUT2D eigenvalue weighted by molar-refractivity contribution is 5.65. The summed E-state index contributed by atoms with van der Waals surface area (Å²) in [5.74, 6) is 0.712. The van der Waals surface area contributed by atoms with Crippen LogP contribution in [0.1, 0.15) is 13.8 Å². The maximum Gasteiger partial charge on any atom is 0.142 e. The molecule has 6 nitrogen and oxygen atoms in total. The first-order chi connectivity index (χ1) is 9.64. The number of hydrogen-bond donors (Lipinski definition) is 4. The summed E-state index contributed by atoms with van der Waals surface area (Å²) >= 11 is 0. The molecule has 116 valence electrons. The molecule has 20 heavy (non-hydrogen) atoms. The second-order valence-corrected chi connectivity index (χ2v) is 3.91. The monoisotopic (exact) mass is 286 g/mol. The van der Waals surface area contributed by atoms with Crippen LogP contribution in [-0.4, -0.2) is 54.8 Å². The van der Waals surface area contributed by atoms with Gasteiger partial charge in [-0.3, -0.25) is 0 Å². The number of nitrogens with two attached hydrogens (primary N) is 1. The van der Waals surface area contributed by atoms with Gasteiger partial charge in [0.15, 0.2) is 0 Å². The van der Waals surface area contributed by atoms with Crippen molar-refractivity contribution in [2.24, 2.45) is 0 Å². The summed E-state index contributed by atoms with van der Waals surface area (Å²) in [5.41, 5.74) is 7.18. The largest absolute Gasteiger partial charge is 0.492 e. The fourth-order valence-corrected chi connectivity index (χ4v) is 1.65. The topological polar surface area (TPSA) is 99.2 Å². The summed E-state index contributed by atoms with van der Waals surface area (Å²) < 4.78 is 5.51. The second-order valence-electron chi connectivity index (χ2n) is 3.91. The molecule has 0 aliphatic heterocycles. The number of hydrogen-bond acceptors (Lipinski definition) is 6. The Kier molecular flexibility index (Phi) is 10.5. The Hall–Kier alpha value is -1.50. The zero-order chi connectivity index (χ0) is 15.4. The zero-order valence-corrected chi connectivity index (χ0v) is 12.2. The first-order valence-electron chi connectivity index (χ1n) is 6.74. The first-order valence-corrected chi connectivity index (χ1v) is 6.74. The maximum atomic E-state index is 9.02. The van der Waals surface area contributed by atoms with Crippen LogP contribution >= 0.6 is 0 Å². The lowest BCUT2D eigenvalue weighted by Crippen LogP contribution is -2.30. The summed E-state index contributed by atoms with van der Waals surface area (Å²) in [4.78, 5) is 1.85. The Morgan fingerprint density at radius 1 is 1.10 bits per heavy atom. The third kappa shape index (κ3) is 6.60. The van der Waals surface area contributed by atoms with Crippen molar-refractivity contribution in [3.63, 3.8) is 0 Å². The standard InChI is InChI=1S/C12H20N2O3.C2H6O/c1-2-17-12-4-3-10(13)9-11(12)14(5-7-15)6-8-16;1-2-3/h3-4,9,15-16H,2,5-8,13H2,1H3;3H,2H2,1H3. The summed E-state index contributed by atoms with van der Waals surface area (Å²) in [5, 5.41) is 25.6. The van der Waals surface area contributed by atoms with Crippen LogP contribution in [0.15, 0.2) is 18.2 Å². The van der Waals surface area contributed by atoms with Crippen molar-refractivity contribution in [3.05, 3.63) is 18.2 Å². The smallest absolute Gasteiger partial charge is 0.142 e. The van der Waals surface area contributed by atoms with Crippen molar-refractivity contribution >= 4 is 11.4 Å². The van der Waals surface area contributed by atoms with Crippen molar-refractivity contribution in [1.82, 2.24) is 0 Å². The highest BCUT2D eigenvalue weighted by Crippen LogP contribution is 2.30. The van der Waals surface area contributed by atoms with Gasteiger partial charge in [0.05, 0.1) is 25.5 Å². The molecule has 1 rings (SSSR count). The normalized spacial score (nSPS) is 9.65. The van der Waals surface area contributed by atoms with Gasteiger partial charge in [0.2, 0.25) is 0 Å². The Balaban J connectivity index is 0.00000110. The predicted molar refractivity (Wildman–Crippen MR) is 81.2 cm³/mol. The summed E-state index contributed by atoms with van der Waals surface area (Å²) in [6.07, 6.45) is 0. The molecule has 0 saturated carbocycles. The SMILES string of the molecule is CCO.CCOc1ccc(N)cc1N(CCO)CCO. The average Bonchev–Trinajstić information content (AvgIpc) is 2.42. The number of rotatable bonds is 7. The number of nitrogens with zero attached hydrogens (tertiary/aromatic N) is 1. The Morgan fingerprint density at radius 3 is 2.10 bits per heavy atom. The van der Waals surface area contributed by atoms with Crippen LogP contribution in [0, 0.1) is 0 Å². The fourth-order valence-electron chi connectivity index (χ4n) is 1.65. The molecule has 0 unspecified atom stereocenters. The van der Waals surface area contributed by atoms with Crippen molar-refractivity contribution in [1.29, 1.82) is 0 Å². The van der Waals surface area contributed by atoms with Gasteiger partial charge in [-0.25, -0.2) is 0 Å². The molecule has 1 aromatic carbocycles. The van der Waals surface area contributed by atoms with E-state index in [4.69, 9.17) is 25.8 Å². The molecule has 0 heterocycles. The van der Waals surface area contributed by atoms with Crippen LogP contribution in [-0.2, 0) is 0 Å². The quantitative estimate of drug-likeness (QED) is 0.543. The van der Waals surface area contributed by atoms with Crippen molar-refractivity contribution in [2.45, 2.75) is 13.8 Å². The van der Waals surface area contributed by atoms with Crippen LogP contribution in [0.4, 0.5) is 11.4 Å². The lowest BCUT2D eigenvalue weighted by Gasteiger charge is -2.25. The van der Waals surface area contributed by atoms with E-state index in [0.717, 1.165) is 5.69 Å². The number of aliphatic hydroxyl groups is 3. The minimum absolute atomic E-state index is 0.0143. The van der Waals surface area contributed by atoms with Crippen LogP contribution in [0.2, 0.25) is 0 Å². The van der Waals surface area contributed by atoms with E-state index < -0.39 is 0 Å². The molecule has 1 aromatic rings. The van der Waals surface area contributed by atoms with E-state index in [9.17, 15) is 0 Å². The Morgan fingerprint density at radius 2 is 1.65 bits per heavy atom.